The molecule has 0 aliphatic heterocycles. The van der Waals surface area contributed by atoms with Crippen molar-refractivity contribution in [2.75, 3.05) is 11.9 Å². The van der Waals surface area contributed by atoms with Crippen molar-refractivity contribution in [3.05, 3.63) is 65.7 Å². The highest BCUT2D eigenvalue weighted by Gasteiger charge is 2.10. The molecule has 0 atom stereocenters. The Morgan fingerprint density at radius 2 is 1.92 bits per heavy atom. The van der Waals surface area contributed by atoms with E-state index >= 15 is 0 Å². The minimum Gasteiger partial charge on any atom is -0.494 e. The second kappa shape index (κ2) is 8.53. The number of allylic oxidation sites excluding steroid dienone is 1. The smallest absolute Gasteiger partial charge is 0.189 e. The number of hydrazine groups is 1. The van der Waals surface area contributed by atoms with Crippen LogP contribution in [0.1, 0.15) is 30.9 Å². The first-order valence-electron chi connectivity index (χ1n) is 8.60. The van der Waals surface area contributed by atoms with Gasteiger partial charge in [-0.1, -0.05) is 30.3 Å². The fourth-order valence-corrected chi connectivity index (χ4v) is 3.02. The number of fused-ring (bicyclic) bond motifs is 1. The van der Waals surface area contributed by atoms with Crippen LogP contribution < -0.4 is 20.9 Å². The van der Waals surface area contributed by atoms with Gasteiger partial charge in [0.1, 0.15) is 5.75 Å². The number of ether oxygens (including phenoxy) is 1. The molecule has 3 rings (SSSR count). The molecule has 4 nitrogen and oxygen atoms in total. The van der Waals surface area contributed by atoms with Crippen molar-refractivity contribution in [1.82, 2.24) is 10.9 Å². The van der Waals surface area contributed by atoms with E-state index in [4.69, 9.17) is 17.0 Å². The van der Waals surface area contributed by atoms with Crippen molar-refractivity contribution in [2.24, 2.45) is 0 Å². The molecule has 0 bridgehead atoms. The number of hydrogen-bond acceptors (Lipinski definition) is 3. The third kappa shape index (κ3) is 4.73. The second-order valence-corrected chi connectivity index (χ2v) is 6.24. The molecule has 0 amide bonds. The van der Waals surface area contributed by atoms with Crippen LogP contribution in [-0.2, 0) is 6.42 Å². The van der Waals surface area contributed by atoms with E-state index in [2.05, 4.69) is 46.5 Å². The first-order valence-corrected chi connectivity index (χ1v) is 9.01. The van der Waals surface area contributed by atoms with E-state index in [1.807, 2.05) is 31.2 Å². The lowest BCUT2D eigenvalue weighted by Crippen LogP contribution is -2.39. The first-order chi connectivity index (χ1) is 12.3. The van der Waals surface area contributed by atoms with Crippen molar-refractivity contribution in [1.29, 1.82) is 0 Å². The van der Waals surface area contributed by atoms with Gasteiger partial charge in [-0.05, 0) is 68.2 Å². The fraction of sp³-hybridized carbons (Fsp3) is 0.250. The zero-order valence-corrected chi connectivity index (χ0v) is 15.2. The van der Waals surface area contributed by atoms with Gasteiger partial charge in [-0.3, -0.25) is 10.9 Å². The summed E-state index contributed by atoms with van der Waals surface area (Å²) in [6.45, 7) is 2.63. The molecule has 1 aliphatic rings. The molecular formula is C20H23N3OS. The van der Waals surface area contributed by atoms with Crippen LogP contribution in [0.3, 0.4) is 0 Å². The highest BCUT2D eigenvalue weighted by Crippen LogP contribution is 2.23. The minimum atomic E-state index is 0.520. The lowest BCUT2D eigenvalue weighted by molar-refractivity contribution is 0.340. The van der Waals surface area contributed by atoms with Crippen LogP contribution in [-0.4, -0.2) is 11.7 Å². The third-order valence-electron chi connectivity index (χ3n) is 4.04. The van der Waals surface area contributed by atoms with Crippen LogP contribution in [0.25, 0.3) is 5.70 Å². The van der Waals surface area contributed by atoms with Gasteiger partial charge >= 0.3 is 0 Å². The van der Waals surface area contributed by atoms with Crippen molar-refractivity contribution in [3.8, 4) is 5.75 Å². The molecule has 1 aliphatic carbocycles. The van der Waals surface area contributed by atoms with Gasteiger partial charge < -0.3 is 10.1 Å². The average Bonchev–Trinajstić information content (AvgIpc) is 2.84. The molecule has 0 heterocycles. The number of benzene rings is 2. The van der Waals surface area contributed by atoms with E-state index in [-0.39, 0.29) is 0 Å². The number of rotatable bonds is 5. The molecule has 130 valence electrons. The standard InChI is InChI=1S/C20H23N3OS/c1-2-24-17-13-11-16(12-14-17)21-20(25)23-22-19-10-6-4-8-15-7-3-5-9-18(15)19/h3,5,7,9-14,22H,2,4,6,8H2,1H3,(H2,21,23,25). The first kappa shape index (κ1) is 17.3. The monoisotopic (exact) mass is 353 g/mol. The minimum absolute atomic E-state index is 0.520. The normalized spacial score (nSPS) is 13.1. The Morgan fingerprint density at radius 3 is 2.72 bits per heavy atom. The van der Waals surface area contributed by atoms with Crippen LogP contribution in [0.2, 0.25) is 0 Å². The highest BCUT2D eigenvalue weighted by atomic mass is 32.1. The molecule has 0 saturated heterocycles. The van der Waals surface area contributed by atoms with Crippen LogP contribution in [0.5, 0.6) is 5.75 Å². The Labute approximate surface area is 154 Å². The molecular weight excluding hydrogens is 330 g/mol. The summed E-state index contributed by atoms with van der Waals surface area (Å²) in [6.07, 6.45) is 5.54. The molecule has 2 aromatic carbocycles. The van der Waals surface area contributed by atoms with Gasteiger partial charge in [-0.25, -0.2) is 0 Å². The van der Waals surface area contributed by atoms with Gasteiger partial charge in [-0.15, -0.1) is 0 Å². The zero-order valence-electron chi connectivity index (χ0n) is 14.3. The summed E-state index contributed by atoms with van der Waals surface area (Å²) >= 11 is 5.38. The Hall–Kier alpha value is -2.53. The van der Waals surface area contributed by atoms with Gasteiger partial charge in [0.05, 0.1) is 12.3 Å². The number of thiocarbonyl (C=S) groups is 1. The summed E-state index contributed by atoms with van der Waals surface area (Å²) in [7, 11) is 0. The Bertz CT molecular complexity index is 756. The van der Waals surface area contributed by atoms with Crippen LogP contribution >= 0.6 is 12.2 Å². The maximum absolute atomic E-state index is 5.44. The SMILES string of the molecule is CCOc1ccc(NC(=S)NNC2=CCCCc3ccccc32)cc1. The molecule has 2 aromatic rings. The van der Waals surface area contributed by atoms with E-state index in [9.17, 15) is 0 Å². The van der Waals surface area contributed by atoms with Crippen LogP contribution in [0, 0.1) is 0 Å². The van der Waals surface area contributed by atoms with Crippen LogP contribution in [0.15, 0.2) is 54.6 Å². The van der Waals surface area contributed by atoms with Gasteiger partial charge in [-0.2, -0.15) is 0 Å². The van der Waals surface area contributed by atoms with Gasteiger partial charge in [0.2, 0.25) is 0 Å². The Morgan fingerprint density at radius 1 is 1.12 bits per heavy atom. The van der Waals surface area contributed by atoms with Crippen molar-refractivity contribution < 1.29 is 4.74 Å². The van der Waals surface area contributed by atoms with E-state index < -0.39 is 0 Å². The lowest BCUT2D eigenvalue weighted by Gasteiger charge is -2.16. The molecule has 0 spiro atoms. The predicted octanol–water partition coefficient (Wildman–Crippen LogP) is 4.25. The zero-order chi connectivity index (χ0) is 17.5. The molecule has 5 heteroatoms. The van der Waals surface area contributed by atoms with Crippen molar-refractivity contribution in [2.45, 2.75) is 26.2 Å². The summed E-state index contributed by atoms with van der Waals surface area (Å²) in [5.74, 6) is 0.852. The maximum atomic E-state index is 5.44. The average molecular weight is 353 g/mol. The molecule has 0 saturated carbocycles. The topological polar surface area (TPSA) is 45.3 Å². The summed E-state index contributed by atoms with van der Waals surface area (Å²) < 4.78 is 5.44. The predicted molar refractivity (Wildman–Crippen MR) is 107 cm³/mol. The number of anilines is 1. The molecule has 0 fully saturated rings. The second-order valence-electron chi connectivity index (χ2n) is 5.83. The van der Waals surface area contributed by atoms with E-state index in [1.54, 1.807) is 0 Å². The van der Waals surface area contributed by atoms with Gasteiger partial charge in [0.25, 0.3) is 0 Å². The van der Waals surface area contributed by atoms with E-state index in [0.717, 1.165) is 36.4 Å². The summed E-state index contributed by atoms with van der Waals surface area (Å²) in [4.78, 5) is 0. The van der Waals surface area contributed by atoms with E-state index in [0.29, 0.717) is 11.7 Å². The fourth-order valence-electron chi connectivity index (χ4n) is 2.86. The Balaban J connectivity index is 1.58. The van der Waals surface area contributed by atoms with Gasteiger partial charge in [0, 0.05) is 11.3 Å². The third-order valence-corrected chi connectivity index (χ3v) is 4.24. The number of aryl methyl sites for hydroxylation is 1. The summed E-state index contributed by atoms with van der Waals surface area (Å²) in [5, 5.41) is 3.69. The van der Waals surface area contributed by atoms with E-state index in [1.165, 1.54) is 11.1 Å². The molecule has 25 heavy (non-hydrogen) atoms. The molecule has 0 unspecified atom stereocenters. The Kier molecular flexibility index (Phi) is 5.90. The van der Waals surface area contributed by atoms with Crippen molar-refractivity contribution in [3.63, 3.8) is 0 Å². The van der Waals surface area contributed by atoms with Crippen LogP contribution in [0.4, 0.5) is 5.69 Å². The quantitative estimate of drug-likeness (QED) is 0.554. The number of hydrogen-bond donors (Lipinski definition) is 3. The molecule has 0 radical (unpaired) electrons. The summed E-state index contributed by atoms with van der Waals surface area (Å²) in [5.41, 5.74) is 10.9. The lowest BCUT2D eigenvalue weighted by atomic mass is 10.0. The largest absolute Gasteiger partial charge is 0.494 e. The molecule has 0 aromatic heterocycles. The number of nitrogens with one attached hydrogen (secondary N) is 3. The highest BCUT2D eigenvalue weighted by molar-refractivity contribution is 7.80. The van der Waals surface area contributed by atoms with Crippen molar-refractivity contribution >= 4 is 28.7 Å². The van der Waals surface area contributed by atoms with Gasteiger partial charge in [0.15, 0.2) is 5.11 Å². The summed E-state index contributed by atoms with van der Waals surface area (Å²) in [6, 6.07) is 16.2. The maximum Gasteiger partial charge on any atom is 0.189 e. The molecule has 3 N–H and O–H groups in total.